The molecule has 27 heavy (non-hydrogen) atoms. The zero-order valence-electron chi connectivity index (χ0n) is 15.8. The van der Waals surface area contributed by atoms with Crippen LogP contribution < -0.4 is 5.32 Å². The number of thioether (sulfide) groups is 1. The fourth-order valence-electron chi connectivity index (χ4n) is 2.89. The first-order chi connectivity index (χ1) is 13.2. The lowest BCUT2D eigenvalue weighted by Crippen LogP contribution is -2.27. The number of aromatic nitrogens is 4. The number of nitrogens with zero attached hydrogens (tertiary/aromatic N) is 4. The Hall–Kier alpha value is -2.54. The minimum atomic E-state index is 0.0190. The second-order valence-corrected chi connectivity index (χ2v) is 7.25. The van der Waals surface area contributed by atoms with E-state index >= 15 is 0 Å². The van der Waals surface area contributed by atoms with Crippen molar-refractivity contribution in [3.05, 3.63) is 65.7 Å². The van der Waals surface area contributed by atoms with Crippen LogP contribution in [0.3, 0.4) is 0 Å². The van der Waals surface area contributed by atoms with Gasteiger partial charge in [-0.2, -0.15) is 0 Å². The standard InChI is InChI=1S/C20H25N5OS/c1-3-25-18(14-17-10-7-13-24(17)2)22-23-20(25)27-15-19(26)21-12-11-16-8-5-4-6-9-16/h4-10,13H,3,11-12,14-15H2,1-2H3,(H,21,26). The third kappa shape index (κ3) is 5.23. The lowest BCUT2D eigenvalue weighted by molar-refractivity contribution is -0.118. The molecule has 2 aromatic heterocycles. The summed E-state index contributed by atoms with van der Waals surface area (Å²) < 4.78 is 4.16. The van der Waals surface area contributed by atoms with Crippen molar-refractivity contribution in [1.82, 2.24) is 24.6 Å². The van der Waals surface area contributed by atoms with E-state index in [0.29, 0.717) is 12.3 Å². The Morgan fingerprint density at radius 2 is 1.96 bits per heavy atom. The zero-order valence-corrected chi connectivity index (χ0v) is 16.6. The average molecular weight is 384 g/mol. The summed E-state index contributed by atoms with van der Waals surface area (Å²) in [6.07, 6.45) is 3.59. The number of benzene rings is 1. The van der Waals surface area contributed by atoms with Crippen molar-refractivity contribution < 1.29 is 4.79 Å². The van der Waals surface area contributed by atoms with Gasteiger partial charge in [0.2, 0.25) is 5.91 Å². The maximum Gasteiger partial charge on any atom is 0.230 e. The van der Waals surface area contributed by atoms with E-state index in [4.69, 9.17) is 0 Å². The second-order valence-electron chi connectivity index (χ2n) is 6.30. The van der Waals surface area contributed by atoms with Crippen LogP contribution in [0.1, 0.15) is 24.0 Å². The summed E-state index contributed by atoms with van der Waals surface area (Å²) in [5.41, 5.74) is 2.41. The van der Waals surface area contributed by atoms with Crippen LogP contribution in [0.2, 0.25) is 0 Å². The number of hydrogen-bond donors (Lipinski definition) is 1. The third-order valence-electron chi connectivity index (χ3n) is 4.41. The molecule has 2 heterocycles. The fraction of sp³-hybridized carbons (Fsp3) is 0.350. The Labute approximate surface area is 164 Å². The van der Waals surface area contributed by atoms with E-state index in [0.717, 1.165) is 30.4 Å². The average Bonchev–Trinajstić information content (AvgIpc) is 3.27. The molecule has 0 saturated heterocycles. The summed E-state index contributed by atoms with van der Waals surface area (Å²) in [6.45, 7) is 3.50. The molecular formula is C20H25N5OS. The Kier molecular flexibility index (Phi) is 6.70. The summed E-state index contributed by atoms with van der Waals surface area (Å²) in [7, 11) is 2.03. The SMILES string of the molecule is CCn1c(Cc2cccn2C)nnc1SCC(=O)NCCc1ccccc1. The number of nitrogens with one attached hydrogen (secondary N) is 1. The third-order valence-corrected chi connectivity index (χ3v) is 5.38. The highest BCUT2D eigenvalue weighted by atomic mass is 32.2. The molecule has 0 aliphatic heterocycles. The molecule has 0 aliphatic rings. The molecule has 0 fully saturated rings. The highest BCUT2D eigenvalue weighted by molar-refractivity contribution is 7.99. The first kappa shape index (κ1) is 19.2. The second kappa shape index (κ2) is 9.41. The molecule has 0 spiro atoms. The van der Waals surface area contributed by atoms with E-state index in [-0.39, 0.29) is 5.91 Å². The molecule has 142 valence electrons. The number of carbonyl (C=O) groups is 1. The topological polar surface area (TPSA) is 64.7 Å². The predicted octanol–water partition coefficient (Wildman–Crippen LogP) is 2.68. The van der Waals surface area contributed by atoms with Crippen LogP contribution >= 0.6 is 11.8 Å². The maximum atomic E-state index is 12.1. The minimum Gasteiger partial charge on any atom is -0.355 e. The molecular weight excluding hydrogens is 358 g/mol. The molecule has 3 aromatic rings. The Balaban J connectivity index is 1.50. The van der Waals surface area contributed by atoms with Crippen molar-refractivity contribution in [1.29, 1.82) is 0 Å². The number of hydrogen-bond acceptors (Lipinski definition) is 4. The van der Waals surface area contributed by atoms with Crippen molar-refractivity contribution in [2.75, 3.05) is 12.3 Å². The lowest BCUT2D eigenvalue weighted by atomic mass is 10.1. The summed E-state index contributed by atoms with van der Waals surface area (Å²) in [5.74, 6) is 1.29. The Bertz CT molecular complexity index is 872. The number of carbonyl (C=O) groups excluding carboxylic acids is 1. The normalized spacial score (nSPS) is 10.9. The molecule has 0 bridgehead atoms. The first-order valence-electron chi connectivity index (χ1n) is 9.13. The minimum absolute atomic E-state index is 0.0190. The summed E-state index contributed by atoms with van der Waals surface area (Å²) >= 11 is 1.43. The van der Waals surface area contributed by atoms with Gasteiger partial charge >= 0.3 is 0 Å². The first-order valence-corrected chi connectivity index (χ1v) is 10.1. The van der Waals surface area contributed by atoms with E-state index < -0.39 is 0 Å². The van der Waals surface area contributed by atoms with E-state index in [9.17, 15) is 4.79 Å². The summed E-state index contributed by atoms with van der Waals surface area (Å²) in [4.78, 5) is 12.1. The van der Waals surface area contributed by atoms with Gasteiger partial charge in [-0.25, -0.2) is 0 Å². The van der Waals surface area contributed by atoms with Gasteiger partial charge in [0.15, 0.2) is 5.16 Å². The van der Waals surface area contributed by atoms with Gasteiger partial charge in [0.1, 0.15) is 5.82 Å². The Morgan fingerprint density at radius 1 is 1.15 bits per heavy atom. The molecule has 0 aliphatic carbocycles. The molecule has 1 N–H and O–H groups in total. The van der Waals surface area contributed by atoms with Crippen LogP contribution in [-0.4, -0.2) is 37.5 Å². The molecule has 1 amide bonds. The molecule has 6 nitrogen and oxygen atoms in total. The van der Waals surface area contributed by atoms with Crippen LogP contribution in [0.5, 0.6) is 0 Å². The van der Waals surface area contributed by atoms with E-state index in [2.05, 4.69) is 49.8 Å². The van der Waals surface area contributed by atoms with Gasteiger partial charge < -0.3 is 14.5 Å². The van der Waals surface area contributed by atoms with Crippen molar-refractivity contribution in [3.8, 4) is 0 Å². The van der Waals surface area contributed by atoms with Gasteiger partial charge in [0.25, 0.3) is 0 Å². The van der Waals surface area contributed by atoms with Crippen LogP contribution in [0, 0.1) is 0 Å². The van der Waals surface area contributed by atoms with Crippen LogP contribution in [0.15, 0.2) is 53.8 Å². The van der Waals surface area contributed by atoms with Gasteiger partial charge in [-0.1, -0.05) is 42.1 Å². The molecule has 0 saturated carbocycles. The van der Waals surface area contributed by atoms with E-state index in [1.165, 1.54) is 23.0 Å². The van der Waals surface area contributed by atoms with Crippen molar-refractivity contribution in [2.24, 2.45) is 7.05 Å². The van der Waals surface area contributed by atoms with Gasteiger partial charge in [-0.05, 0) is 31.0 Å². The number of aryl methyl sites for hydroxylation is 1. The quantitative estimate of drug-likeness (QED) is 0.577. The summed E-state index contributed by atoms with van der Waals surface area (Å²) in [6, 6.07) is 14.3. The molecule has 0 atom stereocenters. The predicted molar refractivity (Wildman–Crippen MR) is 108 cm³/mol. The van der Waals surface area contributed by atoms with Crippen molar-refractivity contribution in [3.63, 3.8) is 0 Å². The van der Waals surface area contributed by atoms with Gasteiger partial charge in [0.05, 0.1) is 5.75 Å². The lowest BCUT2D eigenvalue weighted by Gasteiger charge is -2.08. The smallest absolute Gasteiger partial charge is 0.230 e. The highest BCUT2D eigenvalue weighted by Crippen LogP contribution is 2.18. The summed E-state index contributed by atoms with van der Waals surface area (Å²) in [5, 5.41) is 12.4. The molecule has 3 rings (SSSR count). The molecule has 7 heteroatoms. The van der Waals surface area contributed by atoms with Crippen LogP contribution in [0.25, 0.3) is 0 Å². The van der Waals surface area contributed by atoms with Crippen LogP contribution in [-0.2, 0) is 31.2 Å². The Morgan fingerprint density at radius 3 is 2.67 bits per heavy atom. The number of rotatable bonds is 9. The van der Waals surface area contributed by atoms with Crippen LogP contribution in [0.4, 0.5) is 0 Å². The highest BCUT2D eigenvalue weighted by Gasteiger charge is 2.14. The van der Waals surface area contributed by atoms with Crippen molar-refractivity contribution >= 4 is 17.7 Å². The van der Waals surface area contributed by atoms with E-state index in [1.807, 2.05) is 37.5 Å². The molecule has 1 aromatic carbocycles. The van der Waals surface area contributed by atoms with Gasteiger partial charge in [-0.15, -0.1) is 10.2 Å². The van der Waals surface area contributed by atoms with Gasteiger partial charge in [-0.3, -0.25) is 4.79 Å². The fourth-order valence-corrected chi connectivity index (χ4v) is 3.74. The van der Waals surface area contributed by atoms with Gasteiger partial charge in [0, 0.05) is 38.4 Å². The molecule has 0 unspecified atom stereocenters. The zero-order chi connectivity index (χ0) is 19.1. The largest absolute Gasteiger partial charge is 0.355 e. The number of amides is 1. The molecule has 0 radical (unpaired) electrons. The monoisotopic (exact) mass is 383 g/mol. The van der Waals surface area contributed by atoms with E-state index in [1.54, 1.807) is 0 Å². The van der Waals surface area contributed by atoms with Crippen molar-refractivity contribution in [2.45, 2.75) is 31.5 Å². The maximum absolute atomic E-state index is 12.1.